The lowest BCUT2D eigenvalue weighted by Crippen LogP contribution is -2.24. The van der Waals surface area contributed by atoms with Crippen molar-refractivity contribution in [1.82, 2.24) is 9.71 Å². The highest BCUT2D eigenvalue weighted by molar-refractivity contribution is 5.21. The second kappa shape index (κ2) is 15.3. The summed E-state index contributed by atoms with van der Waals surface area (Å²) in [6.45, 7) is 5.53. The number of rotatable bonds is 16. The average Bonchev–Trinajstić information content (AvgIpc) is 2.67. The minimum absolute atomic E-state index is 0.00273. The molecule has 156 valence electrons. The van der Waals surface area contributed by atoms with Crippen LogP contribution in [0, 0.1) is 0 Å². The lowest BCUT2D eigenvalue weighted by molar-refractivity contribution is 0.172. The van der Waals surface area contributed by atoms with E-state index in [2.05, 4.69) is 16.9 Å². The molecule has 0 bridgehead atoms. The van der Waals surface area contributed by atoms with Crippen LogP contribution in [0.1, 0.15) is 97.3 Å². The molecular formula is C21H40N4O2. The van der Waals surface area contributed by atoms with Crippen LogP contribution >= 0.6 is 0 Å². The Kier molecular flexibility index (Phi) is 13.3. The fraction of sp³-hybridized carbons (Fsp3) is 0.810. The van der Waals surface area contributed by atoms with Crippen LogP contribution < -0.4 is 16.0 Å². The zero-order valence-electron chi connectivity index (χ0n) is 17.5. The first-order chi connectivity index (χ1) is 13.2. The zero-order valence-corrected chi connectivity index (χ0v) is 17.5. The van der Waals surface area contributed by atoms with Gasteiger partial charge in [0.2, 0.25) is 11.8 Å². The Balaban J connectivity index is 2.15. The third-order valence-electron chi connectivity index (χ3n) is 4.65. The molecule has 27 heavy (non-hydrogen) atoms. The van der Waals surface area contributed by atoms with E-state index in [9.17, 15) is 5.21 Å². The Morgan fingerprint density at radius 1 is 0.926 bits per heavy atom. The van der Waals surface area contributed by atoms with Crippen molar-refractivity contribution < 1.29 is 9.94 Å². The minimum atomic E-state index is -0.00273. The van der Waals surface area contributed by atoms with Crippen LogP contribution in [-0.4, -0.2) is 28.1 Å². The highest BCUT2D eigenvalue weighted by Gasteiger charge is 2.03. The standard InChI is InChI=1S/C21H40N4O2/c1-3-5-6-7-8-9-10-11-12-13-14-15-16-23-19-18-20(27-17-4-2)24-21(22)25(19)26/h18,26H,3-17H2,1-2H3,(H2,22,24). The number of anilines is 1. The van der Waals surface area contributed by atoms with Gasteiger partial charge in [0.1, 0.15) is 0 Å². The molecule has 3 N–H and O–H groups in total. The normalized spacial score (nSPS) is 11.9. The van der Waals surface area contributed by atoms with Gasteiger partial charge in [0.05, 0.1) is 6.61 Å². The van der Waals surface area contributed by atoms with Gasteiger partial charge >= 0.3 is 0 Å². The van der Waals surface area contributed by atoms with Crippen molar-refractivity contribution in [3.63, 3.8) is 0 Å². The van der Waals surface area contributed by atoms with Crippen LogP contribution in [-0.2, 0) is 0 Å². The number of nitrogens with zero attached hydrogens (tertiary/aromatic N) is 3. The van der Waals surface area contributed by atoms with Gasteiger partial charge in [0.25, 0.3) is 0 Å². The first-order valence-electron chi connectivity index (χ1n) is 10.9. The summed E-state index contributed by atoms with van der Waals surface area (Å²) in [5.41, 5.74) is 6.10. The van der Waals surface area contributed by atoms with Gasteiger partial charge in [0, 0.05) is 12.6 Å². The number of unbranched alkanes of at least 4 members (excludes halogenated alkanes) is 11. The molecule has 1 heterocycles. The lowest BCUT2D eigenvalue weighted by atomic mass is 10.1. The lowest BCUT2D eigenvalue weighted by Gasteiger charge is -2.07. The molecule has 0 amide bonds. The van der Waals surface area contributed by atoms with E-state index in [0.717, 1.165) is 17.6 Å². The quantitative estimate of drug-likeness (QED) is 0.309. The van der Waals surface area contributed by atoms with Crippen LogP contribution in [0.5, 0.6) is 5.88 Å². The number of hydrogen-bond acceptors (Lipinski definition) is 5. The first kappa shape index (κ1) is 23.3. The molecule has 6 nitrogen and oxygen atoms in total. The van der Waals surface area contributed by atoms with Crippen molar-refractivity contribution in [2.24, 2.45) is 4.99 Å². The van der Waals surface area contributed by atoms with Gasteiger partial charge < -0.3 is 15.7 Å². The van der Waals surface area contributed by atoms with Gasteiger partial charge in [-0.15, -0.1) is 4.73 Å². The van der Waals surface area contributed by atoms with Crippen LogP contribution in [0.2, 0.25) is 0 Å². The van der Waals surface area contributed by atoms with E-state index < -0.39 is 0 Å². The van der Waals surface area contributed by atoms with Gasteiger partial charge in [-0.05, 0) is 12.8 Å². The Morgan fingerprint density at radius 2 is 1.48 bits per heavy atom. The number of nitrogens with two attached hydrogens (primary N) is 1. The smallest absolute Gasteiger partial charge is 0.239 e. The molecule has 0 saturated heterocycles. The monoisotopic (exact) mass is 380 g/mol. The van der Waals surface area contributed by atoms with Gasteiger partial charge in [-0.25, -0.2) is 0 Å². The average molecular weight is 381 g/mol. The molecule has 0 aliphatic carbocycles. The molecule has 0 spiro atoms. The highest BCUT2D eigenvalue weighted by atomic mass is 16.5. The van der Waals surface area contributed by atoms with Crippen LogP contribution in [0.25, 0.3) is 0 Å². The van der Waals surface area contributed by atoms with E-state index in [1.807, 2.05) is 6.92 Å². The van der Waals surface area contributed by atoms with E-state index in [-0.39, 0.29) is 5.95 Å². The molecule has 0 aliphatic rings. The fourth-order valence-electron chi connectivity index (χ4n) is 3.02. The van der Waals surface area contributed by atoms with Crippen molar-refractivity contribution in [1.29, 1.82) is 0 Å². The maximum Gasteiger partial charge on any atom is 0.239 e. The van der Waals surface area contributed by atoms with Crippen molar-refractivity contribution in [2.75, 3.05) is 18.9 Å². The molecule has 1 rings (SSSR count). The third-order valence-corrected chi connectivity index (χ3v) is 4.65. The first-order valence-corrected chi connectivity index (χ1v) is 10.9. The predicted molar refractivity (Wildman–Crippen MR) is 111 cm³/mol. The fourth-order valence-corrected chi connectivity index (χ4v) is 3.02. The Hall–Kier alpha value is -1.72. The number of nitrogen functional groups attached to an aromatic ring is 1. The van der Waals surface area contributed by atoms with Crippen molar-refractivity contribution in [3.05, 3.63) is 11.6 Å². The van der Waals surface area contributed by atoms with Gasteiger partial charge in [-0.1, -0.05) is 84.5 Å². The third kappa shape index (κ3) is 10.9. The van der Waals surface area contributed by atoms with Crippen molar-refractivity contribution >= 4 is 5.95 Å². The largest absolute Gasteiger partial charge is 0.477 e. The van der Waals surface area contributed by atoms with Crippen LogP contribution in [0.4, 0.5) is 5.95 Å². The van der Waals surface area contributed by atoms with E-state index in [4.69, 9.17) is 10.5 Å². The number of aromatic nitrogens is 2. The summed E-state index contributed by atoms with van der Waals surface area (Å²) in [6.07, 6.45) is 16.7. The molecule has 6 heteroatoms. The summed E-state index contributed by atoms with van der Waals surface area (Å²) in [4.78, 5) is 8.42. The molecule has 0 unspecified atom stereocenters. The molecule has 0 fully saturated rings. The van der Waals surface area contributed by atoms with Gasteiger partial charge in [0.15, 0.2) is 5.49 Å². The van der Waals surface area contributed by atoms with E-state index in [0.29, 0.717) is 24.5 Å². The van der Waals surface area contributed by atoms with E-state index in [1.165, 1.54) is 70.6 Å². The predicted octanol–water partition coefficient (Wildman–Crippen LogP) is 5.09. The summed E-state index contributed by atoms with van der Waals surface area (Å²) in [5, 5.41) is 9.92. The SMILES string of the molecule is CCCCCCCCCCCCCCN=c1cc(OCCC)nc(N)n1O. The summed E-state index contributed by atoms with van der Waals surface area (Å²) >= 11 is 0. The maximum absolute atomic E-state index is 9.92. The summed E-state index contributed by atoms with van der Waals surface area (Å²) in [6, 6.07) is 1.63. The second-order valence-corrected chi connectivity index (χ2v) is 7.24. The molecular weight excluding hydrogens is 340 g/mol. The van der Waals surface area contributed by atoms with Gasteiger partial charge in [-0.2, -0.15) is 4.98 Å². The second-order valence-electron chi connectivity index (χ2n) is 7.24. The Morgan fingerprint density at radius 3 is 2.04 bits per heavy atom. The minimum Gasteiger partial charge on any atom is -0.477 e. The molecule has 0 radical (unpaired) electrons. The molecule has 0 aliphatic heterocycles. The van der Waals surface area contributed by atoms with Crippen LogP contribution in [0.15, 0.2) is 11.1 Å². The molecule has 0 atom stereocenters. The molecule has 0 aromatic carbocycles. The zero-order chi connectivity index (χ0) is 19.7. The molecule has 0 saturated carbocycles. The topological polar surface area (TPSA) is 85.7 Å². The Labute approximate surface area is 164 Å². The van der Waals surface area contributed by atoms with Crippen LogP contribution in [0.3, 0.4) is 0 Å². The number of ether oxygens (including phenoxy) is 1. The summed E-state index contributed by atoms with van der Waals surface area (Å²) < 4.78 is 6.29. The molecule has 1 aromatic heterocycles. The van der Waals surface area contributed by atoms with E-state index in [1.54, 1.807) is 6.07 Å². The van der Waals surface area contributed by atoms with Crippen molar-refractivity contribution in [2.45, 2.75) is 97.3 Å². The molecule has 1 aromatic rings. The maximum atomic E-state index is 9.92. The summed E-state index contributed by atoms with van der Waals surface area (Å²) in [7, 11) is 0. The van der Waals surface area contributed by atoms with Gasteiger partial charge in [-0.3, -0.25) is 4.99 Å². The summed E-state index contributed by atoms with van der Waals surface area (Å²) in [5.74, 6) is 0.408. The Bertz CT molecular complexity index is 558. The van der Waals surface area contributed by atoms with E-state index >= 15 is 0 Å². The van der Waals surface area contributed by atoms with Crippen molar-refractivity contribution in [3.8, 4) is 5.88 Å². The highest BCUT2D eigenvalue weighted by Crippen LogP contribution is 2.12. The number of hydrogen-bond donors (Lipinski definition) is 2.